The minimum Gasteiger partial charge on any atom is -0.314 e. The van der Waals surface area contributed by atoms with E-state index in [-0.39, 0.29) is 0 Å². The normalized spacial score (nSPS) is 17.1. The van der Waals surface area contributed by atoms with Gasteiger partial charge in [-0.3, -0.25) is 0 Å². The van der Waals surface area contributed by atoms with Gasteiger partial charge < -0.3 is 4.57 Å². The van der Waals surface area contributed by atoms with E-state index in [0.29, 0.717) is 5.92 Å². The molecule has 0 saturated heterocycles. The molecule has 0 aliphatic carbocycles. The van der Waals surface area contributed by atoms with E-state index in [9.17, 15) is 0 Å². The van der Waals surface area contributed by atoms with Crippen LogP contribution in [0.3, 0.4) is 0 Å². The largest absolute Gasteiger partial charge is 0.314 e. The molecule has 1 atom stereocenters. The SMILES string of the molecule is CCC(c1ccccc1)c1nnc2n1CCCCCC2. The molecule has 20 heavy (non-hydrogen) atoms. The average molecular weight is 269 g/mol. The van der Waals surface area contributed by atoms with Gasteiger partial charge in [0.05, 0.1) is 0 Å². The first-order chi connectivity index (χ1) is 9.90. The molecule has 0 spiro atoms. The summed E-state index contributed by atoms with van der Waals surface area (Å²) >= 11 is 0. The standard InChI is InChI=1S/C17H23N3/c1-2-15(14-10-6-5-7-11-14)17-19-18-16-12-8-3-4-9-13-20(16)17/h5-7,10-11,15H,2-4,8-9,12-13H2,1H3. The van der Waals surface area contributed by atoms with E-state index in [4.69, 9.17) is 0 Å². The number of aromatic nitrogens is 3. The fraction of sp³-hybridized carbons (Fsp3) is 0.529. The maximum atomic E-state index is 4.54. The number of rotatable bonds is 3. The lowest BCUT2D eigenvalue weighted by Gasteiger charge is -2.19. The van der Waals surface area contributed by atoms with Gasteiger partial charge in [-0.1, -0.05) is 50.1 Å². The fourth-order valence-electron chi connectivity index (χ4n) is 3.19. The number of nitrogens with zero attached hydrogens (tertiary/aromatic N) is 3. The Morgan fingerprint density at radius 1 is 1.05 bits per heavy atom. The first-order valence-corrected chi connectivity index (χ1v) is 7.87. The van der Waals surface area contributed by atoms with Crippen LogP contribution in [0.15, 0.2) is 30.3 Å². The van der Waals surface area contributed by atoms with Crippen molar-refractivity contribution in [2.24, 2.45) is 0 Å². The Balaban J connectivity index is 1.96. The molecule has 1 aromatic carbocycles. The highest BCUT2D eigenvalue weighted by molar-refractivity contribution is 5.26. The van der Waals surface area contributed by atoms with Crippen molar-refractivity contribution in [1.29, 1.82) is 0 Å². The van der Waals surface area contributed by atoms with Crippen molar-refractivity contribution in [3.05, 3.63) is 47.5 Å². The molecule has 0 N–H and O–H groups in total. The molecule has 3 heteroatoms. The van der Waals surface area contributed by atoms with Gasteiger partial charge in [0.2, 0.25) is 0 Å². The first-order valence-electron chi connectivity index (χ1n) is 7.87. The predicted octanol–water partition coefficient (Wildman–Crippen LogP) is 3.94. The highest BCUT2D eigenvalue weighted by atomic mass is 15.3. The summed E-state index contributed by atoms with van der Waals surface area (Å²) in [4.78, 5) is 0. The molecular weight excluding hydrogens is 246 g/mol. The molecule has 0 amide bonds. The van der Waals surface area contributed by atoms with E-state index < -0.39 is 0 Å². The molecular formula is C17H23N3. The molecule has 1 aliphatic rings. The Labute approximate surface area is 121 Å². The third kappa shape index (κ3) is 2.62. The number of benzene rings is 1. The van der Waals surface area contributed by atoms with Gasteiger partial charge in [0.1, 0.15) is 11.6 Å². The third-order valence-corrected chi connectivity index (χ3v) is 4.31. The number of fused-ring (bicyclic) bond motifs is 1. The molecule has 0 radical (unpaired) electrons. The van der Waals surface area contributed by atoms with Crippen LogP contribution in [0.5, 0.6) is 0 Å². The van der Waals surface area contributed by atoms with Crippen LogP contribution in [0.2, 0.25) is 0 Å². The zero-order chi connectivity index (χ0) is 13.8. The summed E-state index contributed by atoms with van der Waals surface area (Å²) in [5, 5.41) is 9.01. The zero-order valence-corrected chi connectivity index (χ0v) is 12.3. The van der Waals surface area contributed by atoms with Gasteiger partial charge in [0.15, 0.2) is 0 Å². The van der Waals surface area contributed by atoms with Crippen molar-refractivity contribution in [2.75, 3.05) is 0 Å². The van der Waals surface area contributed by atoms with Crippen LogP contribution in [0.25, 0.3) is 0 Å². The molecule has 106 valence electrons. The first kappa shape index (κ1) is 13.3. The molecule has 2 heterocycles. The van der Waals surface area contributed by atoms with E-state index in [1.807, 2.05) is 0 Å². The quantitative estimate of drug-likeness (QED) is 0.845. The van der Waals surface area contributed by atoms with E-state index in [1.54, 1.807) is 0 Å². The molecule has 3 rings (SSSR count). The van der Waals surface area contributed by atoms with Gasteiger partial charge in [-0.25, -0.2) is 0 Å². The molecule has 1 aliphatic heterocycles. The van der Waals surface area contributed by atoms with Crippen LogP contribution in [0.4, 0.5) is 0 Å². The molecule has 0 saturated carbocycles. The Morgan fingerprint density at radius 2 is 1.85 bits per heavy atom. The van der Waals surface area contributed by atoms with Gasteiger partial charge in [0, 0.05) is 18.9 Å². The molecule has 3 nitrogen and oxygen atoms in total. The van der Waals surface area contributed by atoms with Gasteiger partial charge in [0.25, 0.3) is 0 Å². The summed E-state index contributed by atoms with van der Waals surface area (Å²) in [5.74, 6) is 2.72. The van der Waals surface area contributed by atoms with Crippen LogP contribution in [0.1, 0.15) is 62.2 Å². The van der Waals surface area contributed by atoms with Crippen LogP contribution < -0.4 is 0 Å². The summed E-state index contributed by atoms with van der Waals surface area (Å²) in [5.41, 5.74) is 1.35. The maximum absolute atomic E-state index is 4.54. The minimum absolute atomic E-state index is 0.372. The van der Waals surface area contributed by atoms with E-state index >= 15 is 0 Å². The van der Waals surface area contributed by atoms with E-state index in [1.165, 1.54) is 37.1 Å². The van der Waals surface area contributed by atoms with Gasteiger partial charge in [-0.2, -0.15) is 0 Å². The maximum Gasteiger partial charge on any atom is 0.140 e. The Morgan fingerprint density at radius 3 is 2.65 bits per heavy atom. The van der Waals surface area contributed by atoms with Gasteiger partial charge in [-0.15, -0.1) is 10.2 Å². The third-order valence-electron chi connectivity index (χ3n) is 4.31. The Bertz CT molecular complexity index is 545. The van der Waals surface area contributed by atoms with Crippen molar-refractivity contribution in [2.45, 2.75) is 57.9 Å². The molecule has 0 fully saturated rings. The monoisotopic (exact) mass is 269 g/mol. The van der Waals surface area contributed by atoms with Gasteiger partial charge >= 0.3 is 0 Å². The number of hydrogen-bond acceptors (Lipinski definition) is 2. The van der Waals surface area contributed by atoms with Crippen molar-refractivity contribution < 1.29 is 0 Å². The smallest absolute Gasteiger partial charge is 0.140 e. The Kier molecular flexibility index (Phi) is 4.14. The highest BCUT2D eigenvalue weighted by Crippen LogP contribution is 2.28. The topological polar surface area (TPSA) is 30.7 Å². The zero-order valence-electron chi connectivity index (χ0n) is 12.3. The second kappa shape index (κ2) is 6.21. The van der Waals surface area contributed by atoms with Crippen LogP contribution >= 0.6 is 0 Å². The summed E-state index contributed by atoms with van der Waals surface area (Å²) in [6.07, 6.45) is 7.32. The van der Waals surface area contributed by atoms with Gasteiger partial charge in [-0.05, 0) is 24.8 Å². The second-order valence-electron chi connectivity index (χ2n) is 5.66. The van der Waals surface area contributed by atoms with E-state index in [0.717, 1.165) is 25.2 Å². The van der Waals surface area contributed by atoms with Crippen LogP contribution in [-0.2, 0) is 13.0 Å². The average Bonchev–Trinajstić information content (AvgIpc) is 2.83. The highest BCUT2D eigenvalue weighted by Gasteiger charge is 2.21. The van der Waals surface area contributed by atoms with Crippen molar-refractivity contribution in [3.8, 4) is 0 Å². The lowest BCUT2D eigenvalue weighted by atomic mass is 9.95. The summed E-state index contributed by atoms with van der Waals surface area (Å²) < 4.78 is 2.39. The lowest BCUT2D eigenvalue weighted by molar-refractivity contribution is 0.495. The lowest BCUT2D eigenvalue weighted by Crippen LogP contribution is -2.14. The van der Waals surface area contributed by atoms with Crippen LogP contribution in [-0.4, -0.2) is 14.8 Å². The number of hydrogen-bond donors (Lipinski definition) is 0. The molecule has 0 bridgehead atoms. The van der Waals surface area contributed by atoms with E-state index in [2.05, 4.69) is 52.0 Å². The predicted molar refractivity (Wildman–Crippen MR) is 80.8 cm³/mol. The van der Waals surface area contributed by atoms with Crippen molar-refractivity contribution in [1.82, 2.24) is 14.8 Å². The summed E-state index contributed by atoms with van der Waals surface area (Å²) in [6, 6.07) is 10.7. The molecule has 2 aromatic rings. The molecule has 1 aromatic heterocycles. The molecule has 1 unspecified atom stereocenters. The summed E-state index contributed by atoms with van der Waals surface area (Å²) in [6.45, 7) is 3.32. The second-order valence-corrected chi connectivity index (χ2v) is 5.66. The summed E-state index contributed by atoms with van der Waals surface area (Å²) in [7, 11) is 0. The fourth-order valence-corrected chi connectivity index (χ4v) is 3.19. The number of aryl methyl sites for hydroxylation is 1. The van der Waals surface area contributed by atoms with Crippen LogP contribution in [0, 0.1) is 0 Å². The Hall–Kier alpha value is -1.64. The van der Waals surface area contributed by atoms with Crippen molar-refractivity contribution in [3.63, 3.8) is 0 Å². The minimum atomic E-state index is 0.372. The van der Waals surface area contributed by atoms with Crippen molar-refractivity contribution >= 4 is 0 Å².